The molecule has 5 heteroatoms. The van der Waals surface area contributed by atoms with E-state index in [9.17, 15) is 0 Å². The molecule has 118 valence electrons. The maximum atomic E-state index is 5.53. The van der Waals surface area contributed by atoms with Crippen LogP contribution in [0.3, 0.4) is 0 Å². The molecule has 1 aliphatic rings. The molecular weight excluding hydrogens is 264 g/mol. The van der Waals surface area contributed by atoms with Gasteiger partial charge in [-0.25, -0.2) is 9.97 Å². The number of nitrogens with zero attached hydrogens (tertiary/aromatic N) is 3. The number of nitrogens with one attached hydrogen (secondary N) is 1. The Bertz CT molecular complexity index is 450. The summed E-state index contributed by atoms with van der Waals surface area (Å²) in [7, 11) is 1.80. The molecular formula is C16H28N4O. The molecule has 1 N–H and O–H groups in total. The first kappa shape index (κ1) is 16.2. The fourth-order valence-corrected chi connectivity index (χ4v) is 2.69. The predicted molar refractivity (Wildman–Crippen MR) is 85.7 cm³/mol. The van der Waals surface area contributed by atoms with E-state index < -0.39 is 0 Å². The number of methoxy groups -OCH3 is 1. The molecule has 0 aliphatic carbocycles. The summed E-state index contributed by atoms with van der Waals surface area (Å²) in [5.41, 5.74) is 2.26. The lowest BCUT2D eigenvalue weighted by Crippen LogP contribution is -2.40. The third kappa shape index (κ3) is 4.14. The molecule has 2 rings (SSSR count). The van der Waals surface area contributed by atoms with E-state index in [-0.39, 0.29) is 0 Å². The molecule has 1 fully saturated rings. The highest BCUT2D eigenvalue weighted by molar-refractivity contribution is 5.49. The van der Waals surface area contributed by atoms with Crippen molar-refractivity contribution < 1.29 is 4.74 Å². The van der Waals surface area contributed by atoms with E-state index in [0.29, 0.717) is 12.0 Å². The van der Waals surface area contributed by atoms with Gasteiger partial charge in [0.2, 0.25) is 0 Å². The van der Waals surface area contributed by atoms with Crippen molar-refractivity contribution in [2.45, 2.75) is 52.2 Å². The molecule has 0 bridgehead atoms. The second-order valence-corrected chi connectivity index (χ2v) is 5.94. The quantitative estimate of drug-likeness (QED) is 0.872. The Hall–Kier alpha value is -1.20. The molecule has 0 saturated carbocycles. The second-order valence-electron chi connectivity index (χ2n) is 5.94. The van der Waals surface area contributed by atoms with Gasteiger partial charge in [0.1, 0.15) is 5.82 Å². The van der Waals surface area contributed by atoms with Gasteiger partial charge in [-0.15, -0.1) is 0 Å². The SMILES string of the molecule is CCNCc1nc(C(C)C)ncc1N1CCCC(OC)C1. The minimum atomic E-state index is 0.315. The second kappa shape index (κ2) is 7.71. The Kier molecular flexibility index (Phi) is 5.94. The largest absolute Gasteiger partial charge is 0.380 e. The highest BCUT2D eigenvalue weighted by Crippen LogP contribution is 2.24. The van der Waals surface area contributed by atoms with Crippen LogP contribution in [0.5, 0.6) is 0 Å². The van der Waals surface area contributed by atoms with Gasteiger partial charge >= 0.3 is 0 Å². The van der Waals surface area contributed by atoms with Crippen molar-refractivity contribution >= 4 is 5.69 Å². The van der Waals surface area contributed by atoms with Crippen LogP contribution in [0.25, 0.3) is 0 Å². The molecule has 2 heterocycles. The lowest BCUT2D eigenvalue weighted by Gasteiger charge is -2.34. The summed E-state index contributed by atoms with van der Waals surface area (Å²) in [6.07, 6.45) is 4.61. The normalized spacial score (nSPS) is 19.3. The van der Waals surface area contributed by atoms with Crippen LogP contribution in [-0.4, -0.2) is 42.8 Å². The van der Waals surface area contributed by atoms with Gasteiger partial charge in [-0.05, 0) is 19.4 Å². The van der Waals surface area contributed by atoms with E-state index in [4.69, 9.17) is 9.72 Å². The third-order valence-corrected chi connectivity index (χ3v) is 3.98. The number of aromatic nitrogens is 2. The Labute approximate surface area is 128 Å². The topological polar surface area (TPSA) is 50.3 Å². The minimum Gasteiger partial charge on any atom is -0.380 e. The molecule has 0 aromatic carbocycles. The molecule has 1 aromatic heterocycles. The van der Waals surface area contributed by atoms with E-state index in [2.05, 4.69) is 36.0 Å². The molecule has 0 radical (unpaired) electrons. The number of hydrogen-bond donors (Lipinski definition) is 1. The van der Waals surface area contributed by atoms with Crippen LogP contribution in [0.15, 0.2) is 6.20 Å². The van der Waals surface area contributed by atoms with Crippen LogP contribution in [0.2, 0.25) is 0 Å². The van der Waals surface area contributed by atoms with Gasteiger partial charge < -0.3 is 15.0 Å². The summed E-state index contributed by atoms with van der Waals surface area (Å²) in [6, 6.07) is 0. The molecule has 0 spiro atoms. The van der Waals surface area contributed by atoms with Crippen LogP contribution in [0.1, 0.15) is 51.0 Å². The summed E-state index contributed by atoms with van der Waals surface area (Å²) in [4.78, 5) is 11.7. The molecule has 1 aliphatic heterocycles. The number of hydrogen-bond acceptors (Lipinski definition) is 5. The number of rotatable bonds is 6. The van der Waals surface area contributed by atoms with Crippen molar-refractivity contribution in [3.63, 3.8) is 0 Å². The smallest absolute Gasteiger partial charge is 0.131 e. The maximum Gasteiger partial charge on any atom is 0.131 e. The van der Waals surface area contributed by atoms with Gasteiger partial charge in [-0.2, -0.15) is 0 Å². The maximum absolute atomic E-state index is 5.53. The lowest BCUT2D eigenvalue weighted by molar-refractivity contribution is 0.0892. The third-order valence-electron chi connectivity index (χ3n) is 3.98. The Morgan fingerprint density at radius 1 is 1.48 bits per heavy atom. The molecule has 1 saturated heterocycles. The van der Waals surface area contributed by atoms with E-state index >= 15 is 0 Å². The van der Waals surface area contributed by atoms with Crippen LogP contribution >= 0.6 is 0 Å². The van der Waals surface area contributed by atoms with Crippen LogP contribution in [-0.2, 0) is 11.3 Å². The van der Waals surface area contributed by atoms with Gasteiger partial charge in [0.15, 0.2) is 0 Å². The van der Waals surface area contributed by atoms with E-state index in [1.54, 1.807) is 7.11 Å². The van der Waals surface area contributed by atoms with Crippen molar-refractivity contribution in [3.05, 3.63) is 17.7 Å². The zero-order valence-electron chi connectivity index (χ0n) is 13.7. The molecule has 21 heavy (non-hydrogen) atoms. The molecule has 0 amide bonds. The van der Waals surface area contributed by atoms with Crippen LogP contribution < -0.4 is 10.2 Å². The van der Waals surface area contributed by atoms with Gasteiger partial charge in [-0.1, -0.05) is 20.8 Å². The zero-order valence-corrected chi connectivity index (χ0v) is 13.7. The lowest BCUT2D eigenvalue weighted by atomic mass is 10.1. The van der Waals surface area contributed by atoms with Crippen molar-refractivity contribution in [2.24, 2.45) is 0 Å². The van der Waals surface area contributed by atoms with Crippen molar-refractivity contribution in [3.8, 4) is 0 Å². The average Bonchev–Trinajstić information content (AvgIpc) is 2.52. The molecule has 1 unspecified atom stereocenters. The van der Waals surface area contributed by atoms with E-state index in [1.165, 1.54) is 0 Å². The monoisotopic (exact) mass is 292 g/mol. The first-order valence-corrected chi connectivity index (χ1v) is 8.00. The zero-order chi connectivity index (χ0) is 15.2. The summed E-state index contributed by atoms with van der Waals surface area (Å²) in [5.74, 6) is 1.28. The molecule has 5 nitrogen and oxygen atoms in total. The van der Waals surface area contributed by atoms with E-state index in [0.717, 1.165) is 56.2 Å². The van der Waals surface area contributed by atoms with Crippen molar-refractivity contribution in [1.29, 1.82) is 0 Å². The predicted octanol–water partition coefficient (Wildman–Crippen LogP) is 2.32. The first-order valence-electron chi connectivity index (χ1n) is 8.00. The standard InChI is InChI=1S/C16H28N4O/c1-5-17-9-14-15(10-18-16(19-14)12(2)3)20-8-6-7-13(11-20)21-4/h10,12-13,17H,5-9,11H2,1-4H3. The van der Waals surface area contributed by atoms with Gasteiger partial charge in [0.05, 0.1) is 23.7 Å². The Balaban J connectivity index is 2.23. The van der Waals surface area contributed by atoms with Crippen molar-refractivity contribution in [2.75, 3.05) is 31.6 Å². The number of piperidine rings is 1. The highest BCUT2D eigenvalue weighted by Gasteiger charge is 2.22. The van der Waals surface area contributed by atoms with Crippen molar-refractivity contribution in [1.82, 2.24) is 15.3 Å². The fraction of sp³-hybridized carbons (Fsp3) is 0.750. The Morgan fingerprint density at radius 2 is 2.29 bits per heavy atom. The number of ether oxygens (including phenoxy) is 1. The van der Waals surface area contributed by atoms with Gasteiger partial charge in [0.25, 0.3) is 0 Å². The van der Waals surface area contributed by atoms with Gasteiger partial charge in [0, 0.05) is 32.7 Å². The summed E-state index contributed by atoms with van der Waals surface area (Å²) in [6.45, 7) is 10.1. The Morgan fingerprint density at radius 3 is 2.95 bits per heavy atom. The summed E-state index contributed by atoms with van der Waals surface area (Å²) in [5, 5.41) is 3.39. The van der Waals surface area contributed by atoms with Crippen LogP contribution in [0.4, 0.5) is 5.69 Å². The summed E-state index contributed by atoms with van der Waals surface area (Å²) < 4.78 is 5.53. The van der Waals surface area contributed by atoms with E-state index in [1.807, 2.05) is 6.20 Å². The summed E-state index contributed by atoms with van der Waals surface area (Å²) >= 11 is 0. The average molecular weight is 292 g/mol. The highest BCUT2D eigenvalue weighted by atomic mass is 16.5. The minimum absolute atomic E-state index is 0.315. The molecule has 1 aromatic rings. The van der Waals surface area contributed by atoms with Gasteiger partial charge in [-0.3, -0.25) is 0 Å². The fourth-order valence-electron chi connectivity index (χ4n) is 2.69. The first-order chi connectivity index (χ1) is 10.2. The molecule has 1 atom stereocenters. The number of anilines is 1. The van der Waals surface area contributed by atoms with Crippen LogP contribution in [0, 0.1) is 0 Å².